The van der Waals surface area contributed by atoms with E-state index in [2.05, 4.69) is 5.32 Å². The van der Waals surface area contributed by atoms with Crippen LogP contribution in [-0.4, -0.2) is 33.8 Å². The number of rotatable bonds is 8. The first-order valence-corrected chi connectivity index (χ1v) is 8.24. The maximum absolute atomic E-state index is 12.2. The van der Waals surface area contributed by atoms with Gasteiger partial charge in [0.05, 0.1) is 21.3 Å². The van der Waals surface area contributed by atoms with Gasteiger partial charge in [-0.25, -0.2) is 0 Å². The highest BCUT2D eigenvalue weighted by Crippen LogP contribution is 2.34. The summed E-state index contributed by atoms with van der Waals surface area (Å²) in [6, 6.07) is 9.38. The average Bonchev–Trinajstić information content (AvgIpc) is 2.65. The van der Waals surface area contributed by atoms with Gasteiger partial charge in [0.25, 0.3) is 5.91 Å². The summed E-state index contributed by atoms with van der Waals surface area (Å²) in [7, 11) is 4.69. The van der Waals surface area contributed by atoms with Crippen LogP contribution in [0.25, 0.3) is 0 Å². The number of carbonyl (C=O) groups excluding carboxylic acids is 1. The molecule has 6 heteroatoms. The summed E-state index contributed by atoms with van der Waals surface area (Å²) in [4.78, 5) is 12.2. The van der Waals surface area contributed by atoms with Crippen LogP contribution in [0, 0.1) is 13.8 Å². The van der Waals surface area contributed by atoms with Gasteiger partial charge in [0.15, 0.2) is 18.1 Å². The number of hydrogen-bond donors (Lipinski definition) is 1. The van der Waals surface area contributed by atoms with Gasteiger partial charge in [-0.05, 0) is 31.0 Å². The standard InChI is InChI=1S/C20H25NO5/c1-13-7-6-8-14(2)20(13)26-12-19(22)21-11-15-9-17(24-4)18(25-5)10-16(15)23-3/h6-10H,11-12H2,1-5H3,(H,21,22). The Morgan fingerprint density at radius 3 is 2.08 bits per heavy atom. The van der Waals surface area contributed by atoms with E-state index < -0.39 is 0 Å². The highest BCUT2D eigenvalue weighted by Gasteiger charge is 2.13. The molecule has 2 aromatic carbocycles. The Morgan fingerprint density at radius 2 is 1.50 bits per heavy atom. The van der Waals surface area contributed by atoms with Crippen LogP contribution in [-0.2, 0) is 11.3 Å². The van der Waals surface area contributed by atoms with Crippen LogP contribution in [0.1, 0.15) is 16.7 Å². The summed E-state index contributed by atoms with van der Waals surface area (Å²) in [5, 5.41) is 2.83. The Kier molecular flexibility index (Phi) is 6.72. The zero-order chi connectivity index (χ0) is 19.1. The third-order valence-corrected chi connectivity index (χ3v) is 4.02. The van der Waals surface area contributed by atoms with Crippen LogP contribution in [0.4, 0.5) is 0 Å². The second-order valence-corrected chi connectivity index (χ2v) is 5.81. The van der Waals surface area contributed by atoms with E-state index in [0.717, 1.165) is 22.4 Å². The summed E-state index contributed by atoms with van der Waals surface area (Å²) >= 11 is 0. The number of para-hydroxylation sites is 1. The number of hydrogen-bond acceptors (Lipinski definition) is 5. The average molecular weight is 359 g/mol. The Labute approximate surface area is 154 Å². The molecule has 0 aliphatic heterocycles. The van der Waals surface area contributed by atoms with E-state index in [-0.39, 0.29) is 12.5 Å². The largest absolute Gasteiger partial charge is 0.496 e. The molecule has 0 aromatic heterocycles. The fourth-order valence-electron chi connectivity index (χ4n) is 2.64. The molecule has 0 radical (unpaired) electrons. The molecule has 0 atom stereocenters. The third-order valence-electron chi connectivity index (χ3n) is 4.02. The summed E-state index contributed by atoms with van der Waals surface area (Å²) < 4.78 is 21.6. The van der Waals surface area contributed by atoms with Crippen LogP contribution < -0.4 is 24.3 Å². The van der Waals surface area contributed by atoms with Gasteiger partial charge < -0.3 is 24.3 Å². The molecule has 2 rings (SSSR count). The molecule has 6 nitrogen and oxygen atoms in total. The summed E-state index contributed by atoms with van der Waals surface area (Å²) in [6.45, 7) is 4.14. The van der Waals surface area contributed by atoms with Gasteiger partial charge in [0, 0.05) is 18.2 Å². The van der Waals surface area contributed by atoms with Crippen LogP contribution in [0.5, 0.6) is 23.0 Å². The van der Waals surface area contributed by atoms with Gasteiger partial charge in [0.1, 0.15) is 11.5 Å². The van der Waals surface area contributed by atoms with E-state index in [1.807, 2.05) is 32.0 Å². The molecule has 0 spiro atoms. The van der Waals surface area contributed by atoms with E-state index in [1.165, 1.54) is 0 Å². The lowest BCUT2D eigenvalue weighted by Gasteiger charge is -2.15. The molecule has 140 valence electrons. The number of carbonyl (C=O) groups is 1. The molecular formula is C20H25NO5. The summed E-state index contributed by atoms with van der Waals surface area (Å²) in [5.41, 5.74) is 2.78. The van der Waals surface area contributed by atoms with Crippen molar-refractivity contribution in [3.05, 3.63) is 47.0 Å². The Morgan fingerprint density at radius 1 is 0.923 bits per heavy atom. The minimum atomic E-state index is -0.218. The first kappa shape index (κ1) is 19.4. The lowest BCUT2D eigenvalue weighted by molar-refractivity contribution is -0.123. The lowest BCUT2D eigenvalue weighted by atomic mass is 10.1. The molecule has 0 fully saturated rings. The van der Waals surface area contributed by atoms with Crippen molar-refractivity contribution in [2.75, 3.05) is 27.9 Å². The molecule has 0 aliphatic rings. The molecule has 1 amide bonds. The normalized spacial score (nSPS) is 10.2. The third kappa shape index (κ3) is 4.59. The molecule has 0 unspecified atom stereocenters. The predicted molar refractivity (Wildman–Crippen MR) is 99.4 cm³/mol. The van der Waals surface area contributed by atoms with Gasteiger partial charge in [-0.3, -0.25) is 4.79 Å². The van der Waals surface area contributed by atoms with Crippen LogP contribution >= 0.6 is 0 Å². The van der Waals surface area contributed by atoms with E-state index >= 15 is 0 Å². The SMILES string of the molecule is COc1cc(OC)c(OC)cc1CNC(=O)COc1c(C)cccc1C. The van der Waals surface area contributed by atoms with Crippen molar-refractivity contribution in [2.24, 2.45) is 0 Å². The van der Waals surface area contributed by atoms with Crippen LogP contribution in [0.2, 0.25) is 0 Å². The van der Waals surface area contributed by atoms with Gasteiger partial charge in [-0.2, -0.15) is 0 Å². The van der Waals surface area contributed by atoms with E-state index in [4.69, 9.17) is 18.9 Å². The highest BCUT2D eigenvalue weighted by molar-refractivity contribution is 5.77. The minimum absolute atomic E-state index is 0.0543. The van der Waals surface area contributed by atoms with E-state index in [0.29, 0.717) is 23.8 Å². The lowest BCUT2D eigenvalue weighted by Crippen LogP contribution is -2.28. The second kappa shape index (κ2) is 8.99. The predicted octanol–water partition coefficient (Wildman–Crippen LogP) is 3.02. The highest BCUT2D eigenvalue weighted by atomic mass is 16.5. The fraction of sp³-hybridized carbons (Fsp3) is 0.350. The van der Waals surface area contributed by atoms with Crippen molar-refractivity contribution < 1.29 is 23.7 Å². The first-order valence-electron chi connectivity index (χ1n) is 8.24. The number of methoxy groups -OCH3 is 3. The zero-order valence-electron chi connectivity index (χ0n) is 15.8. The molecule has 0 bridgehead atoms. The summed E-state index contributed by atoms with van der Waals surface area (Å²) in [5.74, 6) is 2.27. The molecule has 26 heavy (non-hydrogen) atoms. The van der Waals surface area contributed by atoms with E-state index in [9.17, 15) is 4.79 Å². The Bertz CT molecular complexity index is 753. The van der Waals surface area contributed by atoms with Crippen molar-refractivity contribution in [3.8, 4) is 23.0 Å². The first-order chi connectivity index (χ1) is 12.5. The molecule has 0 saturated carbocycles. The Hall–Kier alpha value is -2.89. The smallest absolute Gasteiger partial charge is 0.258 e. The van der Waals surface area contributed by atoms with Gasteiger partial charge in [-0.15, -0.1) is 0 Å². The molecule has 0 heterocycles. The van der Waals surface area contributed by atoms with Gasteiger partial charge in [0.2, 0.25) is 0 Å². The quantitative estimate of drug-likeness (QED) is 0.785. The number of benzene rings is 2. The number of nitrogens with one attached hydrogen (secondary N) is 1. The van der Waals surface area contributed by atoms with Crippen molar-refractivity contribution in [2.45, 2.75) is 20.4 Å². The monoisotopic (exact) mass is 359 g/mol. The Balaban J connectivity index is 2.01. The van der Waals surface area contributed by atoms with Crippen molar-refractivity contribution >= 4 is 5.91 Å². The molecule has 0 aliphatic carbocycles. The maximum Gasteiger partial charge on any atom is 0.258 e. The topological polar surface area (TPSA) is 66.0 Å². The van der Waals surface area contributed by atoms with Gasteiger partial charge in [-0.1, -0.05) is 18.2 Å². The number of ether oxygens (including phenoxy) is 4. The minimum Gasteiger partial charge on any atom is -0.496 e. The number of aryl methyl sites for hydroxylation is 2. The summed E-state index contributed by atoms with van der Waals surface area (Å²) in [6.07, 6.45) is 0. The van der Waals surface area contributed by atoms with Crippen molar-refractivity contribution in [1.29, 1.82) is 0 Å². The van der Waals surface area contributed by atoms with Gasteiger partial charge >= 0.3 is 0 Å². The molecular weight excluding hydrogens is 334 g/mol. The molecule has 0 saturated heterocycles. The van der Waals surface area contributed by atoms with Crippen molar-refractivity contribution in [3.63, 3.8) is 0 Å². The second-order valence-electron chi connectivity index (χ2n) is 5.81. The maximum atomic E-state index is 12.2. The van der Waals surface area contributed by atoms with Crippen molar-refractivity contribution in [1.82, 2.24) is 5.32 Å². The van der Waals surface area contributed by atoms with E-state index in [1.54, 1.807) is 33.5 Å². The molecule has 2 aromatic rings. The molecule has 1 N–H and O–H groups in total. The fourth-order valence-corrected chi connectivity index (χ4v) is 2.64. The number of amides is 1. The zero-order valence-corrected chi connectivity index (χ0v) is 15.8. The van der Waals surface area contributed by atoms with Crippen LogP contribution in [0.15, 0.2) is 30.3 Å². The van der Waals surface area contributed by atoms with Crippen LogP contribution in [0.3, 0.4) is 0 Å².